The molecular weight excluding hydrogens is 384 g/mol. The fraction of sp³-hybridized carbons (Fsp3) is 0.0833. The lowest BCUT2D eigenvalue weighted by atomic mass is 10.1. The lowest BCUT2D eigenvalue weighted by Gasteiger charge is -2.11. The van der Waals surface area contributed by atoms with Crippen molar-refractivity contribution in [2.45, 2.75) is 11.8 Å². The maximum atomic E-state index is 12.7. The van der Waals surface area contributed by atoms with Crippen LogP contribution in [0.3, 0.4) is 0 Å². The minimum Gasteiger partial charge on any atom is -0.496 e. The minimum atomic E-state index is -0.514. The van der Waals surface area contributed by atoms with Gasteiger partial charge >= 0.3 is 5.97 Å². The van der Waals surface area contributed by atoms with Crippen molar-refractivity contribution in [2.24, 2.45) is 0 Å². The molecule has 0 saturated heterocycles. The van der Waals surface area contributed by atoms with Crippen molar-refractivity contribution in [3.8, 4) is 11.5 Å². The third kappa shape index (κ3) is 3.82. The number of allylic oxidation sites excluding steroid dienone is 1. The van der Waals surface area contributed by atoms with Gasteiger partial charge in [-0.25, -0.2) is 4.79 Å². The van der Waals surface area contributed by atoms with Gasteiger partial charge in [0.15, 0.2) is 0 Å². The first-order valence-electron chi connectivity index (χ1n) is 9.06. The standard InChI is InChI=1S/C24H18O4S/c1-15-11-12-19(28-24(26)17-7-3-5-9-20(17)27-2)16(13-15)14-22-23(25)18-8-4-6-10-21(18)29-22/h3-14H,1-2H3. The number of carbonyl (C=O) groups is 2. The Morgan fingerprint density at radius 2 is 1.72 bits per heavy atom. The molecule has 0 amide bonds. The molecule has 4 rings (SSSR count). The lowest BCUT2D eigenvalue weighted by molar-refractivity contribution is 0.0730. The van der Waals surface area contributed by atoms with Gasteiger partial charge in [0.1, 0.15) is 17.1 Å². The maximum absolute atomic E-state index is 12.7. The monoisotopic (exact) mass is 402 g/mol. The number of esters is 1. The lowest BCUT2D eigenvalue weighted by Crippen LogP contribution is -2.11. The minimum absolute atomic E-state index is 0.0193. The van der Waals surface area contributed by atoms with Gasteiger partial charge in [0.2, 0.25) is 5.78 Å². The van der Waals surface area contributed by atoms with Crippen LogP contribution in [0, 0.1) is 6.92 Å². The zero-order valence-corrected chi connectivity index (χ0v) is 16.8. The van der Waals surface area contributed by atoms with Crippen molar-refractivity contribution in [1.82, 2.24) is 0 Å². The van der Waals surface area contributed by atoms with E-state index in [-0.39, 0.29) is 5.78 Å². The van der Waals surface area contributed by atoms with Gasteiger partial charge < -0.3 is 9.47 Å². The van der Waals surface area contributed by atoms with Crippen LogP contribution in [0.2, 0.25) is 0 Å². The van der Waals surface area contributed by atoms with Crippen LogP contribution in [0.15, 0.2) is 76.5 Å². The molecule has 0 bridgehead atoms. The first-order valence-corrected chi connectivity index (χ1v) is 9.87. The van der Waals surface area contributed by atoms with Gasteiger partial charge in [-0.15, -0.1) is 0 Å². The van der Waals surface area contributed by atoms with E-state index in [1.165, 1.54) is 18.9 Å². The van der Waals surface area contributed by atoms with Gasteiger partial charge in [-0.2, -0.15) is 0 Å². The van der Waals surface area contributed by atoms with Gasteiger partial charge in [0.25, 0.3) is 0 Å². The Morgan fingerprint density at radius 1 is 0.966 bits per heavy atom. The summed E-state index contributed by atoms with van der Waals surface area (Å²) in [7, 11) is 1.51. The van der Waals surface area contributed by atoms with E-state index >= 15 is 0 Å². The molecule has 0 atom stereocenters. The van der Waals surface area contributed by atoms with Crippen molar-refractivity contribution in [2.75, 3.05) is 7.11 Å². The number of methoxy groups -OCH3 is 1. The zero-order chi connectivity index (χ0) is 20.4. The van der Waals surface area contributed by atoms with E-state index in [9.17, 15) is 9.59 Å². The highest BCUT2D eigenvalue weighted by Crippen LogP contribution is 2.41. The molecule has 0 spiro atoms. The van der Waals surface area contributed by atoms with E-state index in [4.69, 9.17) is 9.47 Å². The predicted molar refractivity (Wildman–Crippen MR) is 114 cm³/mol. The fourth-order valence-electron chi connectivity index (χ4n) is 3.12. The SMILES string of the molecule is COc1ccccc1C(=O)Oc1ccc(C)cc1C=C1Sc2ccccc2C1=O. The molecule has 0 fully saturated rings. The average molecular weight is 402 g/mol. The molecule has 3 aromatic rings. The second-order valence-corrected chi connectivity index (χ2v) is 7.65. The quantitative estimate of drug-likeness (QED) is 0.325. The van der Waals surface area contributed by atoms with Crippen LogP contribution in [0.25, 0.3) is 6.08 Å². The Morgan fingerprint density at radius 3 is 2.52 bits per heavy atom. The van der Waals surface area contributed by atoms with E-state index < -0.39 is 5.97 Å². The summed E-state index contributed by atoms with van der Waals surface area (Å²) in [5.41, 5.74) is 2.72. The Bertz CT molecular complexity index is 1150. The molecule has 1 heterocycles. The van der Waals surface area contributed by atoms with Crippen LogP contribution < -0.4 is 9.47 Å². The number of thioether (sulfide) groups is 1. The number of para-hydroxylation sites is 1. The number of rotatable bonds is 4. The van der Waals surface area contributed by atoms with Crippen molar-refractivity contribution in [3.63, 3.8) is 0 Å². The Hall–Kier alpha value is -3.31. The Labute approximate surface area is 173 Å². The first kappa shape index (κ1) is 19.0. The topological polar surface area (TPSA) is 52.6 Å². The van der Waals surface area contributed by atoms with E-state index in [0.29, 0.717) is 33.1 Å². The second kappa shape index (κ2) is 7.97. The third-order valence-electron chi connectivity index (χ3n) is 4.56. The summed E-state index contributed by atoms with van der Waals surface area (Å²) >= 11 is 1.43. The van der Waals surface area contributed by atoms with E-state index in [2.05, 4.69) is 0 Å². The van der Waals surface area contributed by atoms with E-state index in [1.807, 2.05) is 43.3 Å². The molecule has 0 aliphatic carbocycles. The van der Waals surface area contributed by atoms with E-state index in [0.717, 1.165) is 10.5 Å². The zero-order valence-electron chi connectivity index (χ0n) is 16.0. The third-order valence-corrected chi connectivity index (χ3v) is 5.66. The van der Waals surface area contributed by atoms with Crippen LogP contribution in [0.5, 0.6) is 11.5 Å². The van der Waals surface area contributed by atoms with Gasteiger partial charge in [-0.1, -0.05) is 47.7 Å². The van der Waals surface area contributed by atoms with Gasteiger partial charge in [-0.3, -0.25) is 4.79 Å². The Balaban J connectivity index is 1.67. The normalized spacial score (nSPS) is 14.0. The number of hydrogen-bond donors (Lipinski definition) is 0. The summed E-state index contributed by atoms with van der Waals surface area (Å²) in [5.74, 6) is 0.304. The number of ketones is 1. The summed E-state index contributed by atoms with van der Waals surface area (Å²) in [4.78, 5) is 27.0. The molecule has 0 unspecified atom stereocenters. The summed E-state index contributed by atoms with van der Waals surface area (Å²) in [6.07, 6.45) is 1.78. The highest BCUT2D eigenvalue weighted by Gasteiger charge is 2.26. The van der Waals surface area contributed by atoms with Crippen molar-refractivity contribution < 1.29 is 19.1 Å². The number of benzene rings is 3. The van der Waals surface area contributed by atoms with Crippen LogP contribution in [0.1, 0.15) is 31.8 Å². The van der Waals surface area contributed by atoms with Crippen LogP contribution >= 0.6 is 11.8 Å². The largest absolute Gasteiger partial charge is 0.496 e. The summed E-state index contributed by atoms with van der Waals surface area (Å²) in [6.45, 7) is 1.95. The number of hydrogen-bond acceptors (Lipinski definition) is 5. The summed E-state index contributed by atoms with van der Waals surface area (Å²) in [5, 5.41) is 0. The molecule has 0 N–H and O–H groups in total. The highest BCUT2D eigenvalue weighted by molar-refractivity contribution is 8.04. The molecule has 5 heteroatoms. The van der Waals surface area contributed by atoms with Crippen molar-refractivity contribution >= 4 is 29.6 Å². The van der Waals surface area contributed by atoms with Crippen LogP contribution in [-0.4, -0.2) is 18.9 Å². The predicted octanol–water partition coefficient (Wildman–Crippen LogP) is 5.55. The van der Waals surface area contributed by atoms with Crippen LogP contribution in [0.4, 0.5) is 0 Å². The second-order valence-electron chi connectivity index (χ2n) is 6.57. The number of fused-ring (bicyclic) bond motifs is 1. The van der Waals surface area contributed by atoms with E-state index in [1.54, 1.807) is 36.4 Å². The summed E-state index contributed by atoms with van der Waals surface area (Å²) in [6, 6.07) is 19.9. The number of carbonyl (C=O) groups excluding carboxylic acids is 2. The van der Waals surface area contributed by atoms with Crippen molar-refractivity contribution in [1.29, 1.82) is 0 Å². The Kier molecular flexibility index (Phi) is 5.23. The fourth-order valence-corrected chi connectivity index (χ4v) is 4.16. The molecule has 1 aliphatic rings. The molecule has 1 aliphatic heterocycles. The molecule has 0 radical (unpaired) electrons. The van der Waals surface area contributed by atoms with Gasteiger partial charge in [0.05, 0.1) is 12.0 Å². The van der Waals surface area contributed by atoms with Crippen molar-refractivity contribution in [3.05, 3.63) is 93.9 Å². The number of Topliss-reactive ketones (excluding diaryl/α,β-unsaturated/α-hetero) is 1. The number of ether oxygens (including phenoxy) is 2. The maximum Gasteiger partial charge on any atom is 0.347 e. The molecule has 29 heavy (non-hydrogen) atoms. The molecule has 3 aromatic carbocycles. The molecule has 0 aromatic heterocycles. The molecule has 0 saturated carbocycles. The number of aryl methyl sites for hydroxylation is 1. The van der Waals surface area contributed by atoms with Crippen LogP contribution in [-0.2, 0) is 0 Å². The smallest absolute Gasteiger partial charge is 0.347 e. The summed E-state index contributed by atoms with van der Waals surface area (Å²) < 4.78 is 10.9. The molecule has 4 nitrogen and oxygen atoms in total. The first-order chi connectivity index (χ1) is 14.1. The molecule has 144 valence electrons. The van der Waals surface area contributed by atoms with Gasteiger partial charge in [0, 0.05) is 16.0 Å². The van der Waals surface area contributed by atoms with Gasteiger partial charge in [-0.05, 0) is 49.4 Å². The highest BCUT2D eigenvalue weighted by atomic mass is 32.2. The average Bonchev–Trinajstić information content (AvgIpc) is 3.05. The molecular formula is C24H18O4S.